The fraction of sp³-hybridized carbons (Fsp3) is 0.467. The number of rotatable bonds is 5. The SMILES string of the molecule is COc1ccc(/C(C)=N\NC(N)=O)cc1CN1CCOCC1. The lowest BCUT2D eigenvalue weighted by Gasteiger charge is -2.27. The molecular weight excluding hydrogens is 284 g/mol. The monoisotopic (exact) mass is 306 g/mol. The average Bonchev–Trinajstić information content (AvgIpc) is 2.53. The topological polar surface area (TPSA) is 89.2 Å². The van der Waals surface area contributed by atoms with E-state index in [-0.39, 0.29) is 0 Å². The highest BCUT2D eigenvalue weighted by molar-refractivity contribution is 5.99. The number of primary amides is 1. The third kappa shape index (κ3) is 4.44. The molecule has 0 radical (unpaired) electrons. The second-order valence-corrected chi connectivity index (χ2v) is 5.09. The number of amides is 2. The predicted octanol–water partition coefficient (Wildman–Crippen LogP) is 0.920. The average molecular weight is 306 g/mol. The molecule has 0 unspecified atom stereocenters. The summed E-state index contributed by atoms with van der Waals surface area (Å²) in [6.45, 7) is 5.93. The van der Waals surface area contributed by atoms with Crippen LogP contribution >= 0.6 is 0 Å². The minimum Gasteiger partial charge on any atom is -0.496 e. The molecule has 1 aliphatic heterocycles. The molecule has 2 amide bonds. The maximum absolute atomic E-state index is 10.7. The van der Waals surface area contributed by atoms with E-state index in [0.717, 1.165) is 49.7 Å². The fourth-order valence-corrected chi connectivity index (χ4v) is 2.33. The van der Waals surface area contributed by atoms with Crippen LogP contribution in [0.2, 0.25) is 0 Å². The number of carbonyl (C=O) groups is 1. The largest absolute Gasteiger partial charge is 0.496 e. The lowest BCUT2D eigenvalue weighted by Crippen LogP contribution is -2.35. The predicted molar refractivity (Wildman–Crippen MR) is 84.0 cm³/mol. The summed E-state index contributed by atoms with van der Waals surface area (Å²) in [5, 5.41) is 3.96. The van der Waals surface area contributed by atoms with E-state index < -0.39 is 6.03 Å². The summed E-state index contributed by atoms with van der Waals surface area (Å²) in [5.41, 5.74) is 9.94. The van der Waals surface area contributed by atoms with Gasteiger partial charge in [-0.1, -0.05) is 0 Å². The van der Waals surface area contributed by atoms with Crippen molar-refractivity contribution in [2.24, 2.45) is 10.8 Å². The van der Waals surface area contributed by atoms with Crippen molar-refractivity contribution in [1.82, 2.24) is 10.3 Å². The van der Waals surface area contributed by atoms with Crippen molar-refractivity contribution in [2.45, 2.75) is 13.5 Å². The van der Waals surface area contributed by atoms with Gasteiger partial charge in [0, 0.05) is 25.2 Å². The zero-order valence-corrected chi connectivity index (χ0v) is 13.0. The molecule has 0 aliphatic carbocycles. The van der Waals surface area contributed by atoms with Gasteiger partial charge in [-0.25, -0.2) is 10.2 Å². The van der Waals surface area contributed by atoms with Crippen LogP contribution in [0.15, 0.2) is 23.3 Å². The van der Waals surface area contributed by atoms with Crippen LogP contribution < -0.4 is 15.9 Å². The molecule has 120 valence electrons. The van der Waals surface area contributed by atoms with E-state index in [1.807, 2.05) is 25.1 Å². The number of hydrazone groups is 1. The van der Waals surface area contributed by atoms with Crippen LogP contribution in [0.25, 0.3) is 0 Å². The lowest BCUT2D eigenvalue weighted by atomic mass is 10.1. The van der Waals surface area contributed by atoms with E-state index in [4.69, 9.17) is 15.2 Å². The Balaban J connectivity index is 2.17. The van der Waals surface area contributed by atoms with Crippen LogP contribution in [-0.4, -0.2) is 50.1 Å². The first kappa shape index (κ1) is 16.3. The van der Waals surface area contributed by atoms with Crippen molar-refractivity contribution in [3.8, 4) is 5.75 Å². The van der Waals surface area contributed by atoms with E-state index in [1.54, 1.807) is 7.11 Å². The summed E-state index contributed by atoms with van der Waals surface area (Å²) in [6, 6.07) is 5.16. The Bertz CT molecular complexity index is 554. The van der Waals surface area contributed by atoms with E-state index in [0.29, 0.717) is 5.71 Å². The van der Waals surface area contributed by atoms with Crippen molar-refractivity contribution in [2.75, 3.05) is 33.4 Å². The first-order valence-electron chi connectivity index (χ1n) is 7.17. The zero-order valence-electron chi connectivity index (χ0n) is 13.0. The summed E-state index contributed by atoms with van der Waals surface area (Å²) in [4.78, 5) is 13.0. The number of morpholine rings is 1. The quantitative estimate of drug-likeness (QED) is 0.625. The van der Waals surface area contributed by atoms with Gasteiger partial charge in [0.2, 0.25) is 0 Å². The standard InChI is InChI=1S/C15H22N4O3/c1-11(17-18-15(16)20)12-3-4-14(21-2)13(9-12)10-19-5-7-22-8-6-19/h3-4,9H,5-8,10H2,1-2H3,(H3,16,18,20)/b17-11-. The molecule has 0 spiro atoms. The van der Waals surface area contributed by atoms with E-state index in [2.05, 4.69) is 15.4 Å². The van der Waals surface area contributed by atoms with Crippen molar-refractivity contribution in [3.05, 3.63) is 29.3 Å². The van der Waals surface area contributed by atoms with Gasteiger partial charge in [-0.3, -0.25) is 4.90 Å². The van der Waals surface area contributed by atoms with E-state index in [9.17, 15) is 4.79 Å². The summed E-state index contributed by atoms with van der Waals surface area (Å²) >= 11 is 0. The molecule has 0 atom stereocenters. The number of carbonyl (C=O) groups excluding carboxylic acids is 1. The first-order valence-corrected chi connectivity index (χ1v) is 7.17. The number of methoxy groups -OCH3 is 1. The maximum Gasteiger partial charge on any atom is 0.332 e. The number of nitrogens with one attached hydrogen (secondary N) is 1. The fourth-order valence-electron chi connectivity index (χ4n) is 2.33. The molecule has 0 aromatic heterocycles. The van der Waals surface area contributed by atoms with Gasteiger partial charge < -0.3 is 15.2 Å². The number of hydrogen-bond donors (Lipinski definition) is 2. The van der Waals surface area contributed by atoms with Gasteiger partial charge in [-0.05, 0) is 30.7 Å². The van der Waals surface area contributed by atoms with Gasteiger partial charge in [0.1, 0.15) is 5.75 Å². The Kier molecular flexibility index (Phi) is 5.74. The second kappa shape index (κ2) is 7.77. The van der Waals surface area contributed by atoms with Crippen LogP contribution in [-0.2, 0) is 11.3 Å². The Morgan fingerprint density at radius 1 is 1.45 bits per heavy atom. The third-order valence-corrected chi connectivity index (χ3v) is 3.53. The molecule has 0 saturated carbocycles. The Morgan fingerprint density at radius 2 is 2.18 bits per heavy atom. The van der Waals surface area contributed by atoms with Crippen LogP contribution in [0, 0.1) is 0 Å². The smallest absolute Gasteiger partial charge is 0.332 e. The van der Waals surface area contributed by atoms with Gasteiger partial charge in [-0.15, -0.1) is 0 Å². The van der Waals surface area contributed by atoms with Gasteiger partial charge in [0.15, 0.2) is 0 Å². The summed E-state index contributed by atoms with van der Waals surface area (Å²) in [6.07, 6.45) is 0. The second-order valence-electron chi connectivity index (χ2n) is 5.09. The minimum atomic E-state index is -0.679. The number of urea groups is 1. The number of nitrogens with two attached hydrogens (primary N) is 1. The Labute approximate surface area is 130 Å². The molecule has 1 aromatic carbocycles. The molecule has 1 fully saturated rings. The highest BCUT2D eigenvalue weighted by Gasteiger charge is 2.14. The molecule has 1 aromatic rings. The molecule has 2 rings (SSSR count). The maximum atomic E-state index is 10.7. The van der Waals surface area contributed by atoms with Gasteiger partial charge in [-0.2, -0.15) is 5.10 Å². The minimum absolute atomic E-state index is 0.679. The van der Waals surface area contributed by atoms with Crippen LogP contribution in [0.5, 0.6) is 5.75 Å². The number of benzene rings is 1. The zero-order chi connectivity index (χ0) is 15.9. The number of nitrogens with zero attached hydrogens (tertiary/aromatic N) is 2. The molecule has 1 saturated heterocycles. The highest BCUT2D eigenvalue weighted by Crippen LogP contribution is 2.22. The highest BCUT2D eigenvalue weighted by atomic mass is 16.5. The molecule has 1 heterocycles. The molecule has 1 aliphatic rings. The van der Waals surface area contributed by atoms with E-state index in [1.165, 1.54) is 0 Å². The van der Waals surface area contributed by atoms with Gasteiger partial charge in [0.05, 0.1) is 26.0 Å². The van der Waals surface area contributed by atoms with Crippen molar-refractivity contribution in [3.63, 3.8) is 0 Å². The Morgan fingerprint density at radius 3 is 2.82 bits per heavy atom. The van der Waals surface area contributed by atoms with Gasteiger partial charge >= 0.3 is 6.03 Å². The van der Waals surface area contributed by atoms with E-state index >= 15 is 0 Å². The molecule has 0 bridgehead atoms. The number of ether oxygens (including phenoxy) is 2. The Hall–Kier alpha value is -2.12. The van der Waals surface area contributed by atoms with Gasteiger partial charge in [0.25, 0.3) is 0 Å². The molecule has 3 N–H and O–H groups in total. The lowest BCUT2D eigenvalue weighted by molar-refractivity contribution is 0.0339. The molecule has 22 heavy (non-hydrogen) atoms. The summed E-state index contributed by atoms with van der Waals surface area (Å²) in [7, 11) is 1.66. The third-order valence-electron chi connectivity index (χ3n) is 3.53. The van der Waals surface area contributed by atoms with Crippen LogP contribution in [0.4, 0.5) is 4.79 Å². The van der Waals surface area contributed by atoms with Crippen molar-refractivity contribution >= 4 is 11.7 Å². The summed E-state index contributed by atoms with van der Waals surface area (Å²) < 4.78 is 10.8. The molecule has 7 nitrogen and oxygen atoms in total. The van der Waals surface area contributed by atoms with Crippen LogP contribution in [0.3, 0.4) is 0 Å². The van der Waals surface area contributed by atoms with Crippen LogP contribution in [0.1, 0.15) is 18.1 Å². The first-order chi connectivity index (χ1) is 10.6. The van der Waals surface area contributed by atoms with Crippen molar-refractivity contribution in [1.29, 1.82) is 0 Å². The summed E-state index contributed by atoms with van der Waals surface area (Å²) in [5.74, 6) is 0.839. The number of hydrogen-bond acceptors (Lipinski definition) is 5. The van der Waals surface area contributed by atoms with Crippen molar-refractivity contribution < 1.29 is 14.3 Å². The normalized spacial score (nSPS) is 16.4. The molecule has 7 heteroatoms. The molecular formula is C15H22N4O3.